The van der Waals surface area contributed by atoms with Crippen molar-refractivity contribution >= 4 is 11.8 Å². The number of ether oxygens (including phenoxy) is 3. The zero-order valence-electron chi connectivity index (χ0n) is 25.8. The molecule has 0 fully saturated rings. The van der Waals surface area contributed by atoms with Gasteiger partial charge in [-0.15, -0.1) is 0 Å². The first-order valence-electron chi connectivity index (χ1n) is 15.8. The van der Waals surface area contributed by atoms with Gasteiger partial charge in [-0.05, 0) is 89.5 Å². The highest BCUT2D eigenvalue weighted by molar-refractivity contribution is 5.97. The molecule has 4 aromatic rings. The van der Waals surface area contributed by atoms with Crippen molar-refractivity contribution in [2.45, 2.75) is 31.8 Å². The van der Waals surface area contributed by atoms with Crippen LogP contribution in [-0.4, -0.2) is 66.6 Å². The molecule has 0 radical (unpaired) electrons. The number of nitrogens with one attached hydrogen (secondary N) is 1. The smallest absolute Gasteiger partial charge is 0.255 e. The molecule has 0 aromatic heterocycles. The normalized spacial score (nSPS) is 17.9. The van der Waals surface area contributed by atoms with E-state index in [0.717, 1.165) is 36.2 Å². The molecule has 0 spiro atoms. The van der Waals surface area contributed by atoms with Crippen LogP contribution in [0.2, 0.25) is 0 Å². The number of rotatable bonds is 3. The van der Waals surface area contributed by atoms with Crippen molar-refractivity contribution in [2.24, 2.45) is 0 Å². The highest BCUT2D eigenvalue weighted by Gasteiger charge is 2.34. The molecule has 46 heavy (non-hydrogen) atoms. The Bertz CT molecular complexity index is 1790. The molecule has 0 aliphatic carbocycles. The van der Waals surface area contributed by atoms with Gasteiger partial charge in [-0.25, -0.2) is 0 Å². The maximum atomic E-state index is 14.1. The SMILES string of the molecule is COc1ccc2cc1OCCCNC(=O)c1cc(ccc1O)Oc1ccc3c(c1)CCN(C(=O)CN1CCc4ccccc4C1)C23. The quantitative estimate of drug-likeness (QED) is 0.324. The van der Waals surface area contributed by atoms with Gasteiger partial charge in [-0.1, -0.05) is 36.4 Å². The molecule has 9 nitrogen and oxygen atoms in total. The summed E-state index contributed by atoms with van der Waals surface area (Å²) in [4.78, 5) is 31.2. The number of carbonyl (C=O) groups excluding carboxylic acids is 2. The summed E-state index contributed by atoms with van der Waals surface area (Å²) < 4.78 is 18.0. The molecule has 0 saturated heterocycles. The van der Waals surface area contributed by atoms with Gasteiger partial charge in [0.15, 0.2) is 11.5 Å². The molecule has 2 amide bonds. The summed E-state index contributed by atoms with van der Waals surface area (Å²) in [5, 5.41) is 13.2. The first kappa shape index (κ1) is 29.7. The highest BCUT2D eigenvalue weighted by atomic mass is 16.5. The van der Waals surface area contributed by atoms with Gasteiger partial charge in [0.05, 0.1) is 31.9 Å². The summed E-state index contributed by atoms with van der Waals surface area (Å²) in [5.74, 6) is 1.79. The third kappa shape index (κ3) is 5.98. The summed E-state index contributed by atoms with van der Waals surface area (Å²) >= 11 is 0. The molecule has 1 atom stereocenters. The van der Waals surface area contributed by atoms with E-state index in [2.05, 4.69) is 34.5 Å². The number of methoxy groups -OCH3 is 1. The van der Waals surface area contributed by atoms with Crippen molar-refractivity contribution in [1.82, 2.24) is 15.1 Å². The van der Waals surface area contributed by atoms with E-state index in [4.69, 9.17) is 14.2 Å². The fraction of sp³-hybridized carbons (Fsp3) is 0.297. The van der Waals surface area contributed by atoms with E-state index in [9.17, 15) is 14.7 Å². The second-order valence-corrected chi connectivity index (χ2v) is 12.0. The Morgan fingerprint density at radius 2 is 1.76 bits per heavy atom. The minimum atomic E-state index is -0.393. The Kier molecular flexibility index (Phi) is 8.24. The maximum absolute atomic E-state index is 14.1. The average Bonchev–Trinajstić information content (AvgIpc) is 3.07. The third-order valence-corrected chi connectivity index (χ3v) is 9.05. The number of carbonyl (C=O) groups is 2. The molecule has 236 valence electrons. The van der Waals surface area contributed by atoms with Crippen LogP contribution >= 0.6 is 0 Å². The Labute approximate surface area is 268 Å². The first-order chi connectivity index (χ1) is 22.5. The van der Waals surface area contributed by atoms with E-state index in [1.807, 2.05) is 41.3 Å². The monoisotopic (exact) mass is 619 g/mol. The van der Waals surface area contributed by atoms with Gasteiger partial charge >= 0.3 is 0 Å². The second kappa shape index (κ2) is 12.8. The summed E-state index contributed by atoms with van der Waals surface area (Å²) in [6.07, 6.45) is 2.14. The van der Waals surface area contributed by atoms with E-state index in [-0.39, 0.29) is 23.3 Å². The molecule has 4 heterocycles. The van der Waals surface area contributed by atoms with Gasteiger partial charge in [-0.3, -0.25) is 14.5 Å². The Morgan fingerprint density at radius 3 is 2.63 bits per heavy atom. The highest BCUT2D eigenvalue weighted by Crippen LogP contribution is 2.41. The predicted octanol–water partition coefficient (Wildman–Crippen LogP) is 5.24. The van der Waals surface area contributed by atoms with Crippen LogP contribution in [0.15, 0.2) is 78.9 Å². The van der Waals surface area contributed by atoms with Gasteiger partial charge in [0, 0.05) is 26.2 Å². The third-order valence-electron chi connectivity index (χ3n) is 9.05. The molecule has 4 aliphatic heterocycles. The molecule has 8 bridgehead atoms. The van der Waals surface area contributed by atoms with Crippen molar-refractivity contribution in [2.75, 3.05) is 39.9 Å². The van der Waals surface area contributed by atoms with Crippen LogP contribution in [-0.2, 0) is 24.2 Å². The van der Waals surface area contributed by atoms with Crippen molar-refractivity contribution in [1.29, 1.82) is 0 Å². The van der Waals surface area contributed by atoms with Crippen molar-refractivity contribution < 1.29 is 28.9 Å². The molecular formula is C37H37N3O6. The minimum absolute atomic E-state index is 0.0862. The number of hydrogen-bond acceptors (Lipinski definition) is 7. The van der Waals surface area contributed by atoms with Crippen molar-refractivity contribution in [3.8, 4) is 28.7 Å². The number of phenols is 1. The average molecular weight is 620 g/mol. The Hall–Kier alpha value is -5.02. The van der Waals surface area contributed by atoms with Crippen LogP contribution in [0.5, 0.6) is 28.7 Å². The fourth-order valence-corrected chi connectivity index (χ4v) is 6.69. The minimum Gasteiger partial charge on any atom is -0.507 e. The summed E-state index contributed by atoms with van der Waals surface area (Å²) in [5.41, 5.74) is 5.82. The lowest BCUT2D eigenvalue weighted by Crippen LogP contribution is -2.46. The Balaban J connectivity index is 1.24. The maximum Gasteiger partial charge on any atom is 0.255 e. The van der Waals surface area contributed by atoms with E-state index in [0.29, 0.717) is 62.1 Å². The number of aromatic hydroxyl groups is 1. The van der Waals surface area contributed by atoms with Crippen molar-refractivity contribution in [3.63, 3.8) is 0 Å². The van der Waals surface area contributed by atoms with Crippen LogP contribution < -0.4 is 19.5 Å². The number of hydrogen-bond donors (Lipinski definition) is 2. The fourth-order valence-electron chi connectivity index (χ4n) is 6.69. The molecule has 9 heteroatoms. The summed E-state index contributed by atoms with van der Waals surface area (Å²) in [7, 11) is 1.60. The molecule has 8 rings (SSSR count). The van der Waals surface area contributed by atoms with E-state index in [1.54, 1.807) is 19.2 Å². The van der Waals surface area contributed by atoms with Crippen molar-refractivity contribution in [3.05, 3.63) is 112 Å². The van der Waals surface area contributed by atoms with E-state index >= 15 is 0 Å². The second-order valence-electron chi connectivity index (χ2n) is 12.0. The molecular weight excluding hydrogens is 582 g/mol. The summed E-state index contributed by atoms with van der Waals surface area (Å²) in [6.45, 7) is 3.18. The molecule has 4 aromatic carbocycles. The number of benzene rings is 4. The van der Waals surface area contributed by atoms with Crippen LogP contribution in [0.4, 0.5) is 0 Å². The van der Waals surface area contributed by atoms with E-state index in [1.165, 1.54) is 17.2 Å². The molecule has 4 aliphatic rings. The standard InChI is InChI=1S/C37H37N3O6/c1-44-33-12-7-26-20-34(33)45-18-4-15-38-37(43)31-21-29(9-11-32(31)41)46-28-8-10-30-25(19-28)14-17-40(36(26)30)35(42)23-39-16-13-24-5-2-3-6-27(24)22-39/h2-3,5-12,19-21,36,41H,4,13-18,22-23H2,1H3,(H,38,43). The lowest BCUT2D eigenvalue weighted by Gasteiger charge is -2.39. The predicted molar refractivity (Wildman–Crippen MR) is 173 cm³/mol. The number of fused-ring (bicyclic) bond motifs is 7. The van der Waals surface area contributed by atoms with Crippen LogP contribution in [0, 0.1) is 0 Å². The zero-order valence-corrected chi connectivity index (χ0v) is 25.8. The van der Waals surface area contributed by atoms with Gasteiger partial charge in [-0.2, -0.15) is 0 Å². The number of amides is 2. The lowest BCUT2D eigenvalue weighted by molar-refractivity contribution is -0.134. The Morgan fingerprint density at radius 1 is 0.957 bits per heavy atom. The summed E-state index contributed by atoms with van der Waals surface area (Å²) in [6, 6.07) is 24.5. The number of phenolic OH excluding ortho intramolecular Hbond substituents is 1. The number of nitrogens with zero attached hydrogens (tertiary/aromatic N) is 2. The van der Waals surface area contributed by atoms with Crippen LogP contribution in [0.3, 0.4) is 0 Å². The topological polar surface area (TPSA) is 101 Å². The van der Waals surface area contributed by atoms with Gasteiger partial charge in [0.1, 0.15) is 17.2 Å². The van der Waals surface area contributed by atoms with Crippen LogP contribution in [0.1, 0.15) is 50.6 Å². The van der Waals surface area contributed by atoms with Gasteiger partial charge in [0.25, 0.3) is 5.91 Å². The largest absolute Gasteiger partial charge is 0.507 e. The lowest BCUT2D eigenvalue weighted by atomic mass is 9.87. The molecule has 2 N–H and O–H groups in total. The molecule has 1 unspecified atom stereocenters. The first-order valence-corrected chi connectivity index (χ1v) is 15.8. The van der Waals surface area contributed by atoms with Gasteiger partial charge < -0.3 is 29.5 Å². The van der Waals surface area contributed by atoms with Crippen LogP contribution in [0.25, 0.3) is 0 Å². The zero-order chi connectivity index (χ0) is 31.6. The van der Waals surface area contributed by atoms with Gasteiger partial charge in [0.2, 0.25) is 5.91 Å². The molecule has 0 saturated carbocycles. The van der Waals surface area contributed by atoms with E-state index < -0.39 is 5.91 Å².